The van der Waals surface area contributed by atoms with E-state index in [2.05, 4.69) is 4.98 Å². The third-order valence-corrected chi connectivity index (χ3v) is 4.19. The van der Waals surface area contributed by atoms with Crippen LogP contribution in [0.5, 0.6) is 5.75 Å². The Morgan fingerprint density at radius 3 is 2.64 bits per heavy atom. The molecular weight excluding hydrogens is 328 g/mol. The summed E-state index contributed by atoms with van der Waals surface area (Å²) in [6.07, 6.45) is 1.18. The van der Waals surface area contributed by atoms with Gasteiger partial charge in [-0.1, -0.05) is 29.8 Å². The van der Waals surface area contributed by atoms with Crippen molar-refractivity contribution in [2.24, 2.45) is 0 Å². The van der Waals surface area contributed by atoms with Crippen molar-refractivity contribution in [3.8, 4) is 5.75 Å². The van der Waals surface area contributed by atoms with Gasteiger partial charge in [-0.05, 0) is 30.7 Å². The molecule has 0 aliphatic heterocycles. The summed E-state index contributed by atoms with van der Waals surface area (Å²) in [5.41, 5.74) is 0.845. The zero-order valence-electron chi connectivity index (χ0n) is 11.6. The Labute approximate surface area is 133 Å². The molecular formula is C14H13ClN2O4S. The number of aromatic nitrogens is 1. The van der Waals surface area contributed by atoms with E-state index in [1.807, 2.05) is 23.8 Å². The largest absolute Gasteiger partial charge is 0.483 e. The fraction of sp³-hybridized carbons (Fsp3) is 0.143. The predicted octanol–water partition coefficient (Wildman–Crippen LogP) is 1.93. The van der Waals surface area contributed by atoms with Crippen LogP contribution in [-0.2, 0) is 14.8 Å². The molecule has 116 valence electrons. The number of amides is 1. The quantitative estimate of drug-likeness (QED) is 0.898. The van der Waals surface area contributed by atoms with Gasteiger partial charge in [0.2, 0.25) is 0 Å². The number of carbonyl (C=O) groups excluding carboxylic acids is 1. The smallest absolute Gasteiger partial charge is 0.281 e. The van der Waals surface area contributed by atoms with E-state index in [1.165, 1.54) is 18.3 Å². The van der Waals surface area contributed by atoms with Crippen molar-refractivity contribution in [2.45, 2.75) is 11.9 Å². The molecule has 1 heterocycles. The zero-order valence-corrected chi connectivity index (χ0v) is 13.2. The summed E-state index contributed by atoms with van der Waals surface area (Å²) in [6.45, 7) is 1.40. The number of benzene rings is 1. The first-order valence-electron chi connectivity index (χ1n) is 6.24. The van der Waals surface area contributed by atoms with Gasteiger partial charge >= 0.3 is 0 Å². The Morgan fingerprint density at radius 1 is 1.27 bits per heavy atom. The maximum Gasteiger partial charge on any atom is 0.281 e. The lowest BCUT2D eigenvalue weighted by molar-refractivity contribution is -0.121. The number of pyridine rings is 1. The molecule has 1 amide bonds. The van der Waals surface area contributed by atoms with Crippen LogP contribution < -0.4 is 9.46 Å². The van der Waals surface area contributed by atoms with Crippen LogP contribution >= 0.6 is 11.6 Å². The molecule has 0 bridgehead atoms. The number of rotatable bonds is 5. The topological polar surface area (TPSA) is 85.4 Å². The molecule has 0 radical (unpaired) electrons. The Bertz CT molecular complexity index is 776. The first-order chi connectivity index (χ1) is 10.4. The molecule has 2 rings (SSSR count). The van der Waals surface area contributed by atoms with Crippen LogP contribution in [0, 0.1) is 6.92 Å². The summed E-state index contributed by atoms with van der Waals surface area (Å²) in [4.78, 5) is 15.4. The summed E-state index contributed by atoms with van der Waals surface area (Å²) in [5.74, 6) is -0.278. The SMILES string of the molecule is Cc1ccccc1OCC(=O)NS(=O)(=O)c1ccc(Cl)cn1. The summed E-state index contributed by atoms with van der Waals surface area (Å²) >= 11 is 5.64. The zero-order chi connectivity index (χ0) is 16.2. The van der Waals surface area contributed by atoms with Crippen molar-refractivity contribution < 1.29 is 17.9 Å². The Balaban J connectivity index is 1.99. The molecule has 1 aromatic heterocycles. The molecule has 6 nitrogen and oxygen atoms in total. The molecule has 22 heavy (non-hydrogen) atoms. The lowest BCUT2D eigenvalue weighted by Crippen LogP contribution is -2.34. The molecule has 1 N–H and O–H groups in total. The van der Waals surface area contributed by atoms with Crippen LogP contribution in [0.25, 0.3) is 0 Å². The number of para-hydroxylation sites is 1. The van der Waals surface area contributed by atoms with E-state index in [9.17, 15) is 13.2 Å². The number of sulfonamides is 1. The van der Waals surface area contributed by atoms with Gasteiger partial charge in [0.15, 0.2) is 11.6 Å². The maximum atomic E-state index is 11.9. The van der Waals surface area contributed by atoms with Crippen LogP contribution in [-0.4, -0.2) is 25.9 Å². The molecule has 0 aliphatic carbocycles. The first-order valence-corrected chi connectivity index (χ1v) is 8.10. The second-order valence-corrected chi connectivity index (χ2v) is 6.46. The number of hydrogen-bond donors (Lipinski definition) is 1. The number of carbonyl (C=O) groups is 1. The molecule has 0 unspecified atom stereocenters. The van der Waals surface area contributed by atoms with Crippen LogP contribution in [0.15, 0.2) is 47.6 Å². The van der Waals surface area contributed by atoms with Crippen molar-refractivity contribution in [1.82, 2.24) is 9.71 Å². The molecule has 0 aliphatic rings. The van der Waals surface area contributed by atoms with E-state index in [1.54, 1.807) is 12.1 Å². The lowest BCUT2D eigenvalue weighted by Gasteiger charge is -2.09. The highest BCUT2D eigenvalue weighted by molar-refractivity contribution is 7.90. The fourth-order valence-electron chi connectivity index (χ4n) is 1.61. The van der Waals surface area contributed by atoms with Crippen molar-refractivity contribution >= 4 is 27.5 Å². The van der Waals surface area contributed by atoms with Crippen molar-refractivity contribution in [3.05, 3.63) is 53.2 Å². The van der Waals surface area contributed by atoms with Gasteiger partial charge in [0.05, 0.1) is 5.02 Å². The molecule has 8 heteroatoms. The summed E-state index contributed by atoms with van der Waals surface area (Å²) in [5, 5.41) is 0.00862. The normalized spacial score (nSPS) is 11.0. The summed E-state index contributed by atoms with van der Waals surface area (Å²) in [7, 11) is -4.04. The van der Waals surface area contributed by atoms with Crippen molar-refractivity contribution in [2.75, 3.05) is 6.61 Å². The summed E-state index contributed by atoms with van der Waals surface area (Å²) in [6, 6.07) is 9.69. The minimum absolute atomic E-state index is 0.291. The van der Waals surface area contributed by atoms with Crippen LogP contribution in [0.2, 0.25) is 5.02 Å². The molecule has 2 aromatic rings. The number of hydrogen-bond acceptors (Lipinski definition) is 5. The van der Waals surface area contributed by atoms with E-state index < -0.39 is 22.5 Å². The van der Waals surface area contributed by atoms with Gasteiger partial charge in [-0.15, -0.1) is 0 Å². The molecule has 0 fully saturated rings. The van der Waals surface area contributed by atoms with Gasteiger partial charge in [0.25, 0.3) is 15.9 Å². The molecule has 0 atom stereocenters. The van der Waals surface area contributed by atoms with Gasteiger partial charge in [-0.3, -0.25) is 4.79 Å². The third kappa shape index (κ3) is 4.19. The second kappa shape index (κ2) is 6.76. The minimum atomic E-state index is -4.04. The van der Waals surface area contributed by atoms with E-state index in [0.717, 1.165) is 5.56 Å². The Hall–Kier alpha value is -2.12. The van der Waals surface area contributed by atoms with E-state index in [4.69, 9.17) is 16.3 Å². The van der Waals surface area contributed by atoms with Crippen LogP contribution in [0.1, 0.15) is 5.56 Å². The average Bonchev–Trinajstić information content (AvgIpc) is 2.46. The summed E-state index contributed by atoms with van der Waals surface area (Å²) < 4.78 is 31.0. The fourth-order valence-corrected chi connectivity index (χ4v) is 2.63. The standard InChI is InChI=1S/C14H13ClN2O4S/c1-10-4-2-3-5-12(10)21-9-13(18)17-22(19,20)14-7-6-11(15)8-16-14/h2-8H,9H2,1H3,(H,17,18). The minimum Gasteiger partial charge on any atom is -0.483 e. The van der Waals surface area contributed by atoms with E-state index >= 15 is 0 Å². The average molecular weight is 341 g/mol. The maximum absolute atomic E-state index is 11.9. The number of aryl methyl sites for hydroxylation is 1. The monoisotopic (exact) mass is 340 g/mol. The first kappa shape index (κ1) is 16.3. The molecule has 1 aromatic carbocycles. The van der Waals surface area contributed by atoms with Crippen molar-refractivity contribution in [1.29, 1.82) is 0 Å². The molecule has 0 saturated carbocycles. The number of nitrogens with one attached hydrogen (secondary N) is 1. The number of halogens is 1. The number of ether oxygens (including phenoxy) is 1. The van der Waals surface area contributed by atoms with Gasteiger partial charge in [-0.25, -0.2) is 9.71 Å². The highest BCUT2D eigenvalue weighted by Gasteiger charge is 2.19. The number of nitrogens with zero attached hydrogens (tertiary/aromatic N) is 1. The Morgan fingerprint density at radius 2 is 2.00 bits per heavy atom. The van der Waals surface area contributed by atoms with Gasteiger partial charge in [0.1, 0.15) is 5.75 Å². The van der Waals surface area contributed by atoms with Gasteiger partial charge < -0.3 is 4.74 Å². The van der Waals surface area contributed by atoms with E-state index in [0.29, 0.717) is 10.8 Å². The lowest BCUT2D eigenvalue weighted by atomic mass is 10.2. The predicted molar refractivity (Wildman–Crippen MR) is 81.2 cm³/mol. The van der Waals surface area contributed by atoms with E-state index in [-0.39, 0.29) is 5.03 Å². The van der Waals surface area contributed by atoms with Gasteiger partial charge in [-0.2, -0.15) is 8.42 Å². The highest BCUT2D eigenvalue weighted by Crippen LogP contribution is 2.16. The Kier molecular flexibility index (Phi) is 4.99. The highest BCUT2D eigenvalue weighted by atomic mass is 35.5. The van der Waals surface area contributed by atoms with Gasteiger partial charge in [0, 0.05) is 6.20 Å². The second-order valence-electron chi connectivity index (χ2n) is 4.40. The van der Waals surface area contributed by atoms with Crippen LogP contribution in [0.3, 0.4) is 0 Å². The molecule has 0 saturated heterocycles. The van der Waals surface area contributed by atoms with Crippen molar-refractivity contribution in [3.63, 3.8) is 0 Å². The van der Waals surface area contributed by atoms with Crippen LogP contribution in [0.4, 0.5) is 0 Å². The third-order valence-electron chi connectivity index (χ3n) is 2.68. The molecule has 0 spiro atoms.